The molecule has 0 saturated carbocycles. The van der Waals surface area contributed by atoms with E-state index in [1.807, 2.05) is 0 Å². The molecule has 136 valence electrons. The van der Waals surface area contributed by atoms with E-state index in [0.717, 1.165) is 12.1 Å². The fraction of sp³-hybridized carbons (Fsp3) is 0.125. The van der Waals surface area contributed by atoms with Crippen molar-refractivity contribution in [3.63, 3.8) is 0 Å². The van der Waals surface area contributed by atoms with Crippen LogP contribution in [0.2, 0.25) is 0 Å². The van der Waals surface area contributed by atoms with Crippen molar-refractivity contribution in [1.82, 2.24) is 9.61 Å². The highest BCUT2D eigenvalue weighted by atomic mass is 32.2. The molecular weight excluding hydrogens is 368 g/mol. The van der Waals surface area contributed by atoms with Gasteiger partial charge < -0.3 is 4.74 Å². The van der Waals surface area contributed by atoms with Crippen molar-refractivity contribution in [3.8, 4) is 0 Å². The summed E-state index contributed by atoms with van der Waals surface area (Å²) in [5, 5.41) is 3.98. The van der Waals surface area contributed by atoms with Gasteiger partial charge in [0.15, 0.2) is 0 Å². The molecule has 0 aliphatic heterocycles. The van der Waals surface area contributed by atoms with Gasteiger partial charge in [0.05, 0.1) is 24.0 Å². The minimum absolute atomic E-state index is 0.0762. The number of fused-ring (bicyclic) bond motifs is 1. The van der Waals surface area contributed by atoms with Gasteiger partial charge in [-0.2, -0.15) is 5.10 Å². The van der Waals surface area contributed by atoms with Gasteiger partial charge in [-0.05, 0) is 31.2 Å². The Bertz CT molecular complexity index is 1100. The van der Waals surface area contributed by atoms with Crippen molar-refractivity contribution in [2.24, 2.45) is 0 Å². The Kier molecular flexibility index (Phi) is 4.60. The predicted octanol–water partition coefficient (Wildman–Crippen LogP) is 2.59. The summed E-state index contributed by atoms with van der Waals surface area (Å²) in [6.45, 7) is 1.83. The van der Waals surface area contributed by atoms with Gasteiger partial charge in [-0.3, -0.25) is 4.72 Å². The summed E-state index contributed by atoms with van der Waals surface area (Å²) >= 11 is 0. The highest BCUT2D eigenvalue weighted by Gasteiger charge is 2.21. The number of anilines is 1. The van der Waals surface area contributed by atoms with E-state index in [0.29, 0.717) is 11.6 Å². The van der Waals surface area contributed by atoms with E-state index < -0.39 is 32.5 Å². The molecule has 0 bridgehead atoms. The zero-order chi connectivity index (χ0) is 18.9. The van der Waals surface area contributed by atoms with Gasteiger partial charge in [0.25, 0.3) is 10.0 Å². The lowest BCUT2D eigenvalue weighted by Crippen LogP contribution is -2.15. The first kappa shape index (κ1) is 17.8. The SMILES string of the molecule is CCOC(=O)c1cnn2ccc(NS(=O)(=O)c3ccc(F)cc3F)cc12. The molecule has 0 unspecified atom stereocenters. The van der Waals surface area contributed by atoms with Gasteiger partial charge in [0.1, 0.15) is 22.1 Å². The largest absolute Gasteiger partial charge is 0.462 e. The third-order valence-electron chi connectivity index (χ3n) is 3.45. The number of nitrogens with zero attached hydrogens (tertiary/aromatic N) is 2. The Balaban J connectivity index is 1.98. The zero-order valence-electron chi connectivity index (χ0n) is 13.4. The van der Waals surface area contributed by atoms with Crippen LogP contribution in [0.1, 0.15) is 17.3 Å². The molecular formula is C16H13F2N3O4S. The number of sulfonamides is 1. The minimum Gasteiger partial charge on any atom is -0.462 e. The fourth-order valence-electron chi connectivity index (χ4n) is 2.31. The molecule has 0 fully saturated rings. The maximum atomic E-state index is 13.8. The zero-order valence-corrected chi connectivity index (χ0v) is 14.3. The van der Waals surface area contributed by atoms with Gasteiger partial charge in [-0.15, -0.1) is 0 Å². The Morgan fingerprint density at radius 2 is 2.04 bits per heavy atom. The van der Waals surface area contributed by atoms with Crippen molar-refractivity contribution >= 4 is 27.2 Å². The number of nitrogens with one attached hydrogen (secondary N) is 1. The first-order valence-electron chi connectivity index (χ1n) is 7.44. The molecule has 0 radical (unpaired) electrons. The number of pyridine rings is 1. The monoisotopic (exact) mass is 381 g/mol. The molecule has 3 aromatic rings. The van der Waals surface area contributed by atoms with E-state index in [9.17, 15) is 22.0 Å². The number of hydrogen-bond donors (Lipinski definition) is 1. The van der Waals surface area contributed by atoms with Crippen molar-refractivity contribution < 1.29 is 26.7 Å². The van der Waals surface area contributed by atoms with E-state index >= 15 is 0 Å². The Hall–Kier alpha value is -3.01. The van der Waals surface area contributed by atoms with Gasteiger partial charge in [-0.1, -0.05) is 0 Å². The second-order valence-electron chi connectivity index (χ2n) is 5.20. The standard InChI is InChI=1S/C16H13F2N3O4S/c1-2-25-16(22)12-9-19-21-6-5-11(8-14(12)21)20-26(23,24)15-4-3-10(17)7-13(15)18/h3-9,20H,2H2,1H3. The molecule has 26 heavy (non-hydrogen) atoms. The maximum Gasteiger partial charge on any atom is 0.341 e. The molecule has 0 aliphatic rings. The van der Waals surface area contributed by atoms with Gasteiger partial charge in [0, 0.05) is 12.3 Å². The number of rotatable bonds is 5. The van der Waals surface area contributed by atoms with Crippen molar-refractivity contribution in [2.75, 3.05) is 11.3 Å². The Morgan fingerprint density at radius 3 is 2.73 bits per heavy atom. The van der Waals surface area contributed by atoms with Crippen LogP contribution in [0, 0.1) is 11.6 Å². The van der Waals surface area contributed by atoms with Crippen molar-refractivity contribution in [1.29, 1.82) is 0 Å². The van der Waals surface area contributed by atoms with Crippen LogP contribution in [0.4, 0.5) is 14.5 Å². The van der Waals surface area contributed by atoms with Crippen LogP contribution in [0.15, 0.2) is 47.6 Å². The van der Waals surface area contributed by atoms with Gasteiger partial charge in [0.2, 0.25) is 0 Å². The summed E-state index contributed by atoms with van der Waals surface area (Å²) in [5.41, 5.74) is 0.538. The average molecular weight is 381 g/mol. The number of esters is 1. The fourth-order valence-corrected chi connectivity index (χ4v) is 3.42. The molecule has 0 atom stereocenters. The molecule has 2 aromatic heterocycles. The maximum absolute atomic E-state index is 13.8. The number of benzene rings is 1. The van der Waals surface area contributed by atoms with E-state index in [1.165, 1.54) is 29.0 Å². The molecule has 10 heteroatoms. The third-order valence-corrected chi connectivity index (χ3v) is 4.87. The van der Waals surface area contributed by atoms with Crippen molar-refractivity contribution in [3.05, 3.63) is 59.9 Å². The Morgan fingerprint density at radius 1 is 1.27 bits per heavy atom. The van der Waals surface area contributed by atoms with Crippen LogP contribution >= 0.6 is 0 Å². The summed E-state index contributed by atoms with van der Waals surface area (Å²) in [7, 11) is -4.29. The van der Waals surface area contributed by atoms with Crippen LogP contribution in [-0.2, 0) is 14.8 Å². The van der Waals surface area contributed by atoms with Crippen LogP contribution in [0.3, 0.4) is 0 Å². The quantitative estimate of drug-likeness (QED) is 0.686. The lowest BCUT2D eigenvalue weighted by Gasteiger charge is -2.09. The molecule has 0 spiro atoms. The smallest absolute Gasteiger partial charge is 0.341 e. The number of carbonyl (C=O) groups is 1. The van der Waals surface area contributed by atoms with E-state index in [1.54, 1.807) is 6.92 Å². The highest BCUT2D eigenvalue weighted by molar-refractivity contribution is 7.92. The number of aromatic nitrogens is 2. The van der Waals surface area contributed by atoms with Crippen LogP contribution in [0.25, 0.3) is 5.52 Å². The molecule has 0 amide bonds. The first-order chi connectivity index (χ1) is 12.3. The summed E-state index contributed by atoms with van der Waals surface area (Å²) in [6.07, 6.45) is 2.72. The normalized spacial score (nSPS) is 11.5. The molecule has 3 rings (SSSR count). The summed E-state index contributed by atoms with van der Waals surface area (Å²) in [5.74, 6) is -2.71. The topological polar surface area (TPSA) is 89.8 Å². The van der Waals surface area contributed by atoms with E-state index in [-0.39, 0.29) is 17.9 Å². The molecule has 1 N–H and O–H groups in total. The summed E-state index contributed by atoms with van der Waals surface area (Å²) in [6, 6.07) is 4.89. The van der Waals surface area contributed by atoms with Crippen LogP contribution in [-0.4, -0.2) is 30.6 Å². The van der Waals surface area contributed by atoms with Gasteiger partial charge in [-0.25, -0.2) is 26.5 Å². The van der Waals surface area contributed by atoms with Crippen LogP contribution < -0.4 is 4.72 Å². The minimum atomic E-state index is -4.29. The number of carbonyl (C=O) groups excluding carboxylic acids is 1. The second kappa shape index (κ2) is 6.71. The average Bonchev–Trinajstić information content (AvgIpc) is 2.97. The lowest BCUT2D eigenvalue weighted by molar-refractivity contribution is 0.0528. The van der Waals surface area contributed by atoms with E-state index in [4.69, 9.17) is 4.74 Å². The van der Waals surface area contributed by atoms with Gasteiger partial charge >= 0.3 is 5.97 Å². The van der Waals surface area contributed by atoms with E-state index in [2.05, 4.69) is 9.82 Å². The highest BCUT2D eigenvalue weighted by Crippen LogP contribution is 2.22. The van der Waals surface area contributed by atoms with Crippen molar-refractivity contribution in [2.45, 2.75) is 11.8 Å². The third kappa shape index (κ3) is 3.36. The van der Waals surface area contributed by atoms with Crippen LogP contribution in [0.5, 0.6) is 0 Å². The lowest BCUT2D eigenvalue weighted by atomic mass is 10.2. The number of halogens is 2. The molecule has 1 aromatic carbocycles. The molecule has 7 nitrogen and oxygen atoms in total. The Labute approximate surface area is 147 Å². The number of hydrogen-bond acceptors (Lipinski definition) is 5. The predicted molar refractivity (Wildman–Crippen MR) is 88.3 cm³/mol. The summed E-state index contributed by atoms with van der Waals surface area (Å²) in [4.78, 5) is 11.2. The summed E-state index contributed by atoms with van der Waals surface area (Å²) < 4.78 is 59.9. The number of ether oxygens (including phenoxy) is 1. The molecule has 0 aliphatic carbocycles. The second-order valence-corrected chi connectivity index (χ2v) is 6.86. The first-order valence-corrected chi connectivity index (χ1v) is 8.92. The molecule has 2 heterocycles. The molecule has 0 saturated heterocycles.